The number of carbonyl (C=O) groups is 3. The number of nitrogens with zero attached hydrogens (tertiary/aromatic N) is 2. The molecule has 3 amide bonds. The average molecular weight is 291 g/mol. The first kappa shape index (κ1) is 14.8. The molecule has 1 aromatic rings. The molecular weight excluding hydrogens is 274 g/mol. The van der Waals surface area contributed by atoms with Crippen molar-refractivity contribution in [1.29, 1.82) is 0 Å². The van der Waals surface area contributed by atoms with E-state index in [-0.39, 0.29) is 18.9 Å². The van der Waals surface area contributed by atoms with Gasteiger partial charge in [-0.2, -0.15) is 0 Å². The van der Waals surface area contributed by atoms with Crippen LogP contribution < -0.4 is 10.2 Å². The molecule has 1 aliphatic heterocycles. The molecular formula is C14H17N3O4. The third-order valence-electron chi connectivity index (χ3n) is 3.18. The molecule has 7 heteroatoms. The maximum Gasteiger partial charge on any atom is 0.325 e. The summed E-state index contributed by atoms with van der Waals surface area (Å²) in [6.07, 6.45) is 0.224. The maximum atomic E-state index is 12.5. The fourth-order valence-electron chi connectivity index (χ4n) is 2.14. The first-order valence-electron chi connectivity index (χ1n) is 6.68. The summed E-state index contributed by atoms with van der Waals surface area (Å²) in [7, 11) is 0. The van der Waals surface area contributed by atoms with Gasteiger partial charge < -0.3 is 15.3 Å². The van der Waals surface area contributed by atoms with Crippen LogP contribution in [0.4, 0.5) is 10.5 Å². The van der Waals surface area contributed by atoms with E-state index in [9.17, 15) is 14.4 Å². The van der Waals surface area contributed by atoms with Crippen LogP contribution in [0, 0.1) is 0 Å². The summed E-state index contributed by atoms with van der Waals surface area (Å²) in [6, 6.07) is 8.24. The van der Waals surface area contributed by atoms with E-state index < -0.39 is 18.5 Å². The zero-order chi connectivity index (χ0) is 15.2. The number of para-hydroxylation sites is 1. The van der Waals surface area contributed by atoms with Crippen LogP contribution in [-0.4, -0.2) is 54.1 Å². The number of hydrogen-bond acceptors (Lipinski definition) is 3. The van der Waals surface area contributed by atoms with Gasteiger partial charge in [0.05, 0.1) is 0 Å². The standard InChI is InChI=1S/C14H17N3O4/c18-12-6-8-16(9-7-15-12)14(21)17(10-13(19)20)11-4-2-1-3-5-11/h1-5H,6-10H2,(H,15,18)(H,19,20). The van der Waals surface area contributed by atoms with Crippen molar-refractivity contribution in [2.75, 3.05) is 31.1 Å². The van der Waals surface area contributed by atoms with E-state index in [1.54, 1.807) is 30.3 Å². The van der Waals surface area contributed by atoms with Crippen molar-refractivity contribution in [3.05, 3.63) is 30.3 Å². The number of urea groups is 1. The van der Waals surface area contributed by atoms with E-state index in [4.69, 9.17) is 5.11 Å². The lowest BCUT2D eigenvalue weighted by atomic mass is 10.3. The molecule has 1 saturated heterocycles. The molecule has 1 aliphatic rings. The van der Waals surface area contributed by atoms with Crippen molar-refractivity contribution in [3.8, 4) is 0 Å². The van der Waals surface area contributed by atoms with Gasteiger partial charge >= 0.3 is 12.0 Å². The van der Waals surface area contributed by atoms with Gasteiger partial charge in [0.15, 0.2) is 0 Å². The number of hydrogen-bond donors (Lipinski definition) is 2. The molecule has 7 nitrogen and oxygen atoms in total. The lowest BCUT2D eigenvalue weighted by Crippen LogP contribution is -2.46. The summed E-state index contributed by atoms with van der Waals surface area (Å²) >= 11 is 0. The molecule has 1 fully saturated rings. The van der Waals surface area contributed by atoms with Crippen LogP contribution >= 0.6 is 0 Å². The van der Waals surface area contributed by atoms with Crippen molar-refractivity contribution in [1.82, 2.24) is 10.2 Å². The van der Waals surface area contributed by atoms with Gasteiger partial charge in [0.1, 0.15) is 6.54 Å². The Morgan fingerprint density at radius 2 is 1.95 bits per heavy atom. The zero-order valence-corrected chi connectivity index (χ0v) is 11.5. The summed E-state index contributed by atoms with van der Waals surface area (Å²) < 4.78 is 0. The number of aliphatic carboxylic acids is 1. The Bertz CT molecular complexity index is 532. The maximum absolute atomic E-state index is 12.5. The topological polar surface area (TPSA) is 89.9 Å². The van der Waals surface area contributed by atoms with E-state index in [0.29, 0.717) is 18.8 Å². The summed E-state index contributed by atoms with van der Waals surface area (Å²) in [5.74, 6) is -1.19. The fraction of sp³-hybridized carbons (Fsp3) is 0.357. The van der Waals surface area contributed by atoms with Crippen LogP contribution in [0.5, 0.6) is 0 Å². The molecule has 0 saturated carbocycles. The van der Waals surface area contributed by atoms with E-state index in [1.165, 1.54) is 9.80 Å². The van der Waals surface area contributed by atoms with Crippen LogP contribution in [-0.2, 0) is 9.59 Å². The van der Waals surface area contributed by atoms with Gasteiger partial charge in [0.25, 0.3) is 0 Å². The molecule has 0 aromatic heterocycles. The minimum absolute atomic E-state index is 0.102. The average Bonchev–Trinajstić information content (AvgIpc) is 2.69. The minimum Gasteiger partial charge on any atom is -0.480 e. The Balaban J connectivity index is 2.17. The highest BCUT2D eigenvalue weighted by atomic mass is 16.4. The zero-order valence-electron chi connectivity index (χ0n) is 11.5. The second-order valence-electron chi connectivity index (χ2n) is 4.69. The number of nitrogens with one attached hydrogen (secondary N) is 1. The van der Waals surface area contributed by atoms with Gasteiger partial charge in [-0.15, -0.1) is 0 Å². The van der Waals surface area contributed by atoms with E-state index in [1.807, 2.05) is 0 Å². The molecule has 21 heavy (non-hydrogen) atoms. The van der Waals surface area contributed by atoms with Crippen LogP contribution in [0.2, 0.25) is 0 Å². The summed E-state index contributed by atoms with van der Waals surface area (Å²) in [5, 5.41) is 11.7. The van der Waals surface area contributed by atoms with Crippen LogP contribution in [0.15, 0.2) is 30.3 Å². The number of rotatable bonds is 3. The Labute approximate surface area is 122 Å². The largest absolute Gasteiger partial charge is 0.480 e. The molecule has 0 bridgehead atoms. The number of benzene rings is 1. The van der Waals surface area contributed by atoms with Gasteiger partial charge in [-0.3, -0.25) is 14.5 Å². The molecule has 2 N–H and O–H groups in total. The smallest absolute Gasteiger partial charge is 0.325 e. The van der Waals surface area contributed by atoms with Crippen molar-refractivity contribution >= 4 is 23.6 Å². The predicted molar refractivity (Wildman–Crippen MR) is 76.0 cm³/mol. The van der Waals surface area contributed by atoms with Crippen LogP contribution in [0.1, 0.15) is 6.42 Å². The van der Waals surface area contributed by atoms with Crippen LogP contribution in [0.25, 0.3) is 0 Å². The van der Waals surface area contributed by atoms with Crippen molar-refractivity contribution in [2.45, 2.75) is 6.42 Å². The molecule has 0 atom stereocenters. The van der Waals surface area contributed by atoms with Crippen molar-refractivity contribution in [3.63, 3.8) is 0 Å². The third-order valence-corrected chi connectivity index (χ3v) is 3.18. The number of anilines is 1. The minimum atomic E-state index is -1.09. The van der Waals surface area contributed by atoms with Gasteiger partial charge in [-0.25, -0.2) is 4.79 Å². The number of carboxylic acids is 1. The molecule has 1 aromatic carbocycles. The fourth-order valence-corrected chi connectivity index (χ4v) is 2.14. The van der Waals surface area contributed by atoms with Crippen molar-refractivity contribution < 1.29 is 19.5 Å². The second kappa shape index (κ2) is 6.74. The van der Waals surface area contributed by atoms with Crippen LogP contribution in [0.3, 0.4) is 0 Å². The molecule has 2 rings (SSSR count). The molecule has 0 aliphatic carbocycles. The van der Waals surface area contributed by atoms with E-state index in [2.05, 4.69) is 5.32 Å². The summed E-state index contributed by atoms with van der Waals surface area (Å²) in [5.41, 5.74) is 0.522. The molecule has 0 spiro atoms. The van der Waals surface area contributed by atoms with E-state index >= 15 is 0 Å². The van der Waals surface area contributed by atoms with Gasteiger partial charge in [-0.1, -0.05) is 18.2 Å². The van der Waals surface area contributed by atoms with Crippen molar-refractivity contribution in [2.24, 2.45) is 0 Å². The first-order valence-corrected chi connectivity index (χ1v) is 6.68. The highest BCUT2D eigenvalue weighted by molar-refractivity contribution is 5.96. The Kier molecular flexibility index (Phi) is 4.76. The number of amides is 3. The quantitative estimate of drug-likeness (QED) is 0.849. The molecule has 1 heterocycles. The SMILES string of the molecule is O=C(O)CN(C(=O)N1CCNC(=O)CC1)c1ccccc1. The predicted octanol–water partition coefficient (Wildman–Crippen LogP) is 0.520. The third kappa shape index (κ3) is 3.95. The Hall–Kier alpha value is -2.57. The molecule has 112 valence electrons. The lowest BCUT2D eigenvalue weighted by Gasteiger charge is -2.28. The normalized spacial score (nSPS) is 15.0. The monoisotopic (exact) mass is 291 g/mol. The summed E-state index contributed by atoms with van der Waals surface area (Å²) in [6.45, 7) is 0.613. The Morgan fingerprint density at radius 3 is 2.62 bits per heavy atom. The van der Waals surface area contributed by atoms with Gasteiger partial charge in [0.2, 0.25) is 5.91 Å². The lowest BCUT2D eigenvalue weighted by molar-refractivity contribution is -0.135. The van der Waals surface area contributed by atoms with E-state index in [0.717, 1.165) is 0 Å². The number of carbonyl (C=O) groups excluding carboxylic acids is 2. The first-order chi connectivity index (χ1) is 10.1. The number of carboxylic acid groups (broad SMARTS) is 1. The van der Waals surface area contributed by atoms with Gasteiger partial charge in [-0.05, 0) is 12.1 Å². The molecule has 0 radical (unpaired) electrons. The summed E-state index contributed by atoms with van der Waals surface area (Å²) in [4.78, 5) is 37.6. The highest BCUT2D eigenvalue weighted by Gasteiger charge is 2.26. The molecule has 0 unspecified atom stereocenters. The second-order valence-corrected chi connectivity index (χ2v) is 4.69. The van der Waals surface area contributed by atoms with Gasteiger partial charge in [0, 0.05) is 31.7 Å². The highest BCUT2D eigenvalue weighted by Crippen LogP contribution is 2.16. The Morgan fingerprint density at radius 1 is 1.24 bits per heavy atom.